The molecule has 0 bridgehead atoms. The van der Waals surface area contributed by atoms with Crippen LogP contribution in [0.15, 0.2) is 42.0 Å². The number of hydrogen-bond acceptors (Lipinski definition) is 6. The number of carbonyl (C=O) groups is 1. The third-order valence-corrected chi connectivity index (χ3v) is 7.70. The highest BCUT2D eigenvalue weighted by Crippen LogP contribution is 2.57. The number of aromatic nitrogens is 2. The van der Waals surface area contributed by atoms with Crippen molar-refractivity contribution in [1.29, 1.82) is 0 Å². The lowest BCUT2D eigenvalue weighted by atomic mass is 9.97. The molecule has 0 N–H and O–H groups in total. The number of thiophene rings is 1. The third kappa shape index (κ3) is 3.23. The van der Waals surface area contributed by atoms with Gasteiger partial charge in [-0.25, -0.2) is 9.97 Å². The molecular formula is C23H21ClN4O2S. The Morgan fingerprint density at radius 2 is 1.90 bits per heavy atom. The van der Waals surface area contributed by atoms with E-state index < -0.39 is 0 Å². The molecule has 2 aliphatic heterocycles. The zero-order chi connectivity index (χ0) is 21.0. The zero-order valence-electron chi connectivity index (χ0n) is 16.9. The van der Waals surface area contributed by atoms with Crippen molar-refractivity contribution in [2.24, 2.45) is 0 Å². The molecule has 158 valence electrons. The molecule has 2 fully saturated rings. The fraction of sp³-hybridized carbons (Fsp3) is 0.348. The summed E-state index contributed by atoms with van der Waals surface area (Å²) in [6, 6.07) is 8.12. The van der Waals surface area contributed by atoms with Gasteiger partial charge >= 0.3 is 0 Å². The molecule has 4 heterocycles. The van der Waals surface area contributed by atoms with Crippen LogP contribution < -0.4 is 4.90 Å². The lowest BCUT2D eigenvalue weighted by Gasteiger charge is -2.27. The van der Waals surface area contributed by atoms with Crippen molar-refractivity contribution >= 4 is 40.5 Å². The van der Waals surface area contributed by atoms with Gasteiger partial charge in [0.25, 0.3) is 5.91 Å². The molecule has 6 nitrogen and oxygen atoms in total. The van der Waals surface area contributed by atoms with E-state index in [0.29, 0.717) is 37.8 Å². The molecule has 1 amide bonds. The molecule has 1 aliphatic carbocycles. The van der Waals surface area contributed by atoms with Crippen molar-refractivity contribution in [3.8, 4) is 11.1 Å². The summed E-state index contributed by atoms with van der Waals surface area (Å²) in [6.07, 6.45) is 5.98. The molecule has 6 rings (SSSR count). The van der Waals surface area contributed by atoms with E-state index in [1.165, 1.54) is 16.9 Å². The standard InChI is InChI=1S/C23H21ClN4O2S/c24-20-17(3-10-31-20)16-12-25-22(26-13-16)28-14-23(4-5-23)18-2-1-15(11-19(18)28)21(29)27-6-8-30-9-7-27/h1-3,10-13H,4-9,14H2. The van der Waals surface area contributed by atoms with Crippen LogP contribution >= 0.6 is 22.9 Å². The number of hydrogen-bond donors (Lipinski definition) is 0. The maximum atomic E-state index is 13.0. The van der Waals surface area contributed by atoms with E-state index in [1.54, 1.807) is 0 Å². The molecule has 0 atom stereocenters. The number of benzene rings is 1. The number of carbonyl (C=O) groups excluding carboxylic acids is 1. The Morgan fingerprint density at radius 3 is 2.58 bits per heavy atom. The van der Waals surface area contributed by atoms with Crippen LogP contribution in [0.3, 0.4) is 0 Å². The summed E-state index contributed by atoms with van der Waals surface area (Å²) in [7, 11) is 0. The van der Waals surface area contributed by atoms with Crippen molar-refractivity contribution in [2.45, 2.75) is 18.3 Å². The SMILES string of the molecule is O=C(c1ccc2c(c1)N(c1ncc(-c3ccsc3Cl)cn1)CC21CC1)N1CCOCC1. The van der Waals surface area contributed by atoms with Gasteiger partial charge in [0.05, 0.1) is 13.2 Å². The van der Waals surface area contributed by atoms with E-state index in [2.05, 4.69) is 20.9 Å². The molecule has 31 heavy (non-hydrogen) atoms. The van der Waals surface area contributed by atoms with Crippen LogP contribution in [-0.4, -0.2) is 53.6 Å². The van der Waals surface area contributed by atoms with Gasteiger partial charge in [-0.3, -0.25) is 4.79 Å². The van der Waals surface area contributed by atoms with Crippen LogP contribution in [0.1, 0.15) is 28.8 Å². The second-order valence-corrected chi connectivity index (χ2v) is 9.90. The Hall–Kier alpha value is -2.48. The number of amides is 1. The Labute approximate surface area is 189 Å². The first kappa shape index (κ1) is 19.2. The third-order valence-electron chi connectivity index (χ3n) is 6.53. The predicted octanol–water partition coefficient (Wildman–Crippen LogP) is 4.51. The minimum Gasteiger partial charge on any atom is -0.378 e. The minimum atomic E-state index is 0.0613. The summed E-state index contributed by atoms with van der Waals surface area (Å²) in [6.45, 7) is 3.33. The van der Waals surface area contributed by atoms with Crippen molar-refractivity contribution in [1.82, 2.24) is 14.9 Å². The summed E-state index contributed by atoms with van der Waals surface area (Å²) in [4.78, 5) is 26.4. The van der Waals surface area contributed by atoms with Crippen LogP contribution in [0, 0.1) is 0 Å². The summed E-state index contributed by atoms with van der Waals surface area (Å²) < 4.78 is 6.13. The molecule has 1 spiro atoms. The molecule has 3 aliphatic rings. The second-order valence-electron chi connectivity index (χ2n) is 8.38. The smallest absolute Gasteiger partial charge is 0.254 e. The first-order valence-electron chi connectivity index (χ1n) is 10.5. The first-order valence-corrected chi connectivity index (χ1v) is 11.7. The summed E-state index contributed by atoms with van der Waals surface area (Å²) in [5.41, 5.74) is 5.11. The number of morpholine rings is 1. The number of ether oxygens (including phenoxy) is 1. The Morgan fingerprint density at radius 1 is 1.13 bits per heavy atom. The monoisotopic (exact) mass is 452 g/mol. The average Bonchev–Trinajstić information content (AvgIpc) is 3.36. The van der Waals surface area contributed by atoms with Crippen molar-refractivity contribution in [3.05, 3.63) is 57.5 Å². The highest BCUT2D eigenvalue weighted by Gasteiger charge is 2.52. The molecule has 1 aromatic carbocycles. The van der Waals surface area contributed by atoms with Gasteiger partial charge in [-0.2, -0.15) is 0 Å². The van der Waals surface area contributed by atoms with Gasteiger partial charge in [-0.15, -0.1) is 11.3 Å². The van der Waals surface area contributed by atoms with Gasteiger partial charge in [0.1, 0.15) is 4.34 Å². The average molecular weight is 453 g/mol. The number of halogens is 1. The maximum Gasteiger partial charge on any atom is 0.254 e. The molecule has 1 saturated heterocycles. The molecule has 0 unspecified atom stereocenters. The van der Waals surface area contributed by atoms with Gasteiger partial charge < -0.3 is 14.5 Å². The van der Waals surface area contributed by atoms with E-state index in [1.807, 2.05) is 40.9 Å². The van der Waals surface area contributed by atoms with Crippen LogP contribution in [0.25, 0.3) is 11.1 Å². The summed E-state index contributed by atoms with van der Waals surface area (Å²) >= 11 is 7.77. The molecule has 2 aromatic heterocycles. The van der Waals surface area contributed by atoms with Gasteiger partial charge in [0, 0.05) is 59.8 Å². The molecule has 3 aromatic rings. The lowest BCUT2D eigenvalue weighted by Crippen LogP contribution is -2.40. The van der Waals surface area contributed by atoms with E-state index in [0.717, 1.165) is 40.5 Å². The fourth-order valence-electron chi connectivity index (χ4n) is 4.62. The van der Waals surface area contributed by atoms with Crippen molar-refractivity contribution in [2.75, 3.05) is 37.7 Å². The van der Waals surface area contributed by atoms with E-state index in [4.69, 9.17) is 16.3 Å². The Bertz CT molecular complexity index is 1150. The predicted molar refractivity (Wildman–Crippen MR) is 121 cm³/mol. The number of rotatable bonds is 3. The van der Waals surface area contributed by atoms with Crippen LogP contribution in [0.2, 0.25) is 4.34 Å². The highest BCUT2D eigenvalue weighted by molar-refractivity contribution is 7.15. The topological polar surface area (TPSA) is 58.6 Å². The fourth-order valence-corrected chi connectivity index (χ4v) is 5.58. The molecule has 1 saturated carbocycles. The molecule has 8 heteroatoms. The Kier molecular flexibility index (Phi) is 4.52. The number of anilines is 2. The van der Waals surface area contributed by atoms with Crippen molar-refractivity contribution < 1.29 is 9.53 Å². The quantitative estimate of drug-likeness (QED) is 0.585. The van der Waals surface area contributed by atoms with Gasteiger partial charge in [0.2, 0.25) is 5.95 Å². The maximum absolute atomic E-state index is 13.0. The molecule has 0 radical (unpaired) electrons. The second kappa shape index (κ2) is 7.29. The van der Waals surface area contributed by atoms with Gasteiger partial charge in [0.15, 0.2) is 0 Å². The zero-order valence-corrected chi connectivity index (χ0v) is 18.5. The highest BCUT2D eigenvalue weighted by atomic mass is 35.5. The van der Waals surface area contributed by atoms with Crippen LogP contribution in [0.4, 0.5) is 11.6 Å². The number of fused-ring (bicyclic) bond motifs is 2. The largest absolute Gasteiger partial charge is 0.378 e. The summed E-state index contributed by atoms with van der Waals surface area (Å²) in [5, 5.41) is 1.96. The lowest BCUT2D eigenvalue weighted by molar-refractivity contribution is 0.0303. The Balaban J connectivity index is 1.33. The number of nitrogens with zero attached hydrogens (tertiary/aromatic N) is 4. The van der Waals surface area contributed by atoms with E-state index in [-0.39, 0.29) is 11.3 Å². The normalized spacial score (nSPS) is 19.0. The van der Waals surface area contributed by atoms with Crippen LogP contribution in [0.5, 0.6) is 0 Å². The van der Waals surface area contributed by atoms with E-state index in [9.17, 15) is 4.79 Å². The minimum absolute atomic E-state index is 0.0613. The van der Waals surface area contributed by atoms with Gasteiger partial charge in [-0.05, 0) is 42.0 Å². The van der Waals surface area contributed by atoms with E-state index >= 15 is 0 Å². The van der Waals surface area contributed by atoms with Crippen LogP contribution in [-0.2, 0) is 10.2 Å². The molecular weight excluding hydrogens is 432 g/mol. The first-order chi connectivity index (χ1) is 15.1. The van der Waals surface area contributed by atoms with Crippen molar-refractivity contribution in [3.63, 3.8) is 0 Å². The summed E-state index contributed by atoms with van der Waals surface area (Å²) in [5.74, 6) is 0.724. The van der Waals surface area contributed by atoms with Gasteiger partial charge in [-0.1, -0.05) is 17.7 Å².